The summed E-state index contributed by atoms with van der Waals surface area (Å²) in [6, 6.07) is 15.8. The third-order valence-corrected chi connectivity index (χ3v) is 6.40. The zero-order valence-corrected chi connectivity index (χ0v) is 19.2. The normalized spacial score (nSPS) is 14.2. The molecule has 1 fully saturated rings. The standard InChI is InChI=1S/C26H28N4O3/c1-4-29-22-10-9-20(15-21(22)23(16-25(29)31)28-11-13-33-14-12-28)30-24(17-27(3)26(30)32)19-7-5-18(2)6-8-19/h5-10,15-17H,4,11-14H2,1-3H3. The van der Waals surface area contributed by atoms with E-state index in [1.54, 1.807) is 26.8 Å². The van der Waals surface area contributed by atoms with Crippen LogP contribution in [0.25, 0.3) is 27.8 Å². The number of morpholine rings is 1. The second-order valence-corrected chi connectivity index (χ2v) is 8.52. The molecule has 0 amide bonds. The first-order chi connectivity index (χ1) is 16.0. The van der Waals surface area contributed by atoms with Gasteiger partial charge in [0.1, 0.15) is 0 Å². The monoisotopic (exact) mass is 444 g/mol. The fourth-order valence-corrected chi connectivity index (χ4v) is 4.62. The van der Waals surface area contributed by atoms with Gasteiger partial charge in [-0.05, 0) is 32.0 Å². The number of nitrogens with zero attached hydrogens (tertiary/aromatic N) is 4. The van der Waals surface area contributed by atoms with Crippen LogP contribution in [0.5, 0.6) is 0 Å². The predicted molar refractivity (Wildman–Crippen MR) is 132 cm³/mol. The average Bonchev–Trinajstić information content (AvgIpc) is 3.13. The van der Waals surface area contributed by atoms with Gasteiger partial charge in [0.25, 0.3) is 5.56 Å². The van der Waals surface area contributed by atoms with Gasteiger partial charge in [-0.2, -0.15) is 0 Å². The van der Waals surface area contributed by atoms with Crippen molar-refractivity contribution < 1.29 is 4.74 Å². The van der Waals surface area contributed by atoms with Gasteiger partial charge in [0.15, 0.2) is 0 Å². The average molecular weight is 445 g/mol. The van der Waals surface area contributed by atoms with E-state index in [0.717, 1.165) is 46.6 Å². The van der Waals surface area contributed by atoms with Gasteiger partial charge in [0.05, 0.1) is 35.8 Å². The molecule has 0 N–H and O–H groups in total. The van der Waals surface area contributed by atoms with E-state index >= 15 is 0 Å². The molecule has 1 saturated heterocycles. The number of benzene rings is 2. The maximum absolute atomic E-state index is 13.2. The number of pyridine rings is 1. The van der Waals surface area contributed by atoms with E-state index in [-0.39, 0.29) is 11.2 Å². The summed E-state index contributed by atoms with van der Waals surface area (Å²) in [7, 11) is 1.77. The van der Waals surface area contributed by atoms with Crippen molar-refractivity contribution >= 4 is 16.6 Å². The SMILES string of the molecule is CCn1c(=O)cc(N2CCOCC2)c2cc(-n3c(-c4ccc(C)cc4)cn(C)c3=O)ccc21. The minimum absolute atomic E-state index is 0.0172. The number of anilines is 1. The van der Waals surface area contributed by atoms with E-state index < -0.39 is 0 Å². The highest BCUT2D eigenvalue weighted by Crippen LogP contribution is 2.30. The molecule has 4 aromatic rings. The summed E-state index contributed by atoms with van der Waals surface area (Å²) in [5.74, 6) is 0. The fourth-order valence-electron chi connectivity index (χ4n) is 4.62. The molecule has 0 radical (unpaired) electrons. The summed E-state index contributed by atoms with van der Waals surface area (Å²) >= 11 is 0. The Morgan fingerprint density at radius 3 is 2.39 bits per heavy atom. The predicted octanol–water partition coefficient (Wildman–Crippen LogP) is 3.32. The van der Waals surface area contributed by atoms with Gasteiger partial charge in [-0.3, -0.25) is 9.36 Å². The molecular formula is C26H28N4O3. The van der Waals surface area contributed by atoms with Crippen molar-refractivity contribution in [2.24, 2.45) is 7.05 Å². The van der Waals surface area contributed by atoms with Gasteiger partial charge in [0.2, 0.25) is 0 Å². The molecule has 3 heterocycles. The summed E-state index contributed by atoms with van der Waals surface area (Å²) in [6.45, 7) is 7.33. The number of rotatable bonds is 4. The molecule has 0 unspecified atom stereocenters. The zero-order chi connectivity index (χ0) is 23.1. The summed E-state index contributed by atoms with van der Waals surface area (Å²) in [6.07, 6.45) is 1.87. The first kappa shape index (κ1) is 21.3. The second kappa shape index (κ2) is 8.41. The van der Waals surface area contributed by atoms with E-state index in [1.165, 1.54) is 5.56 Å². The van der Waals surface area contributed by atoms with Crippen LogP contribution in [0.3, 0.4) is 0 Å². The first-order valence-corrected chi connectivity index (χ1v) is 11.3. The van der Waals surface area contributed by atoms with Crippen molar-refractivity contribution in [3.05, 3.63) is 81.1 Å². The summed E-state index contributed by atoms with van der Waals surface area (Å²) in [5.41, 5.74) is 5.39. The molecule has 0 aliphatic carbocycles. The van der Waals surface area contributed by atoms with Crippen molar-refractivity contribution in [3.8, 4) is 16.9 Å². The first-order valence-electron chi connectivity index (χ1n) is 11.3. The van der Waals surface area contributed by atoms with Crippen LogP contribution in [-0.2, 0) is 18.3 Å². The maximum atomic E-state index is 13.2. The Kier molecular flexibility index (Phi) is 5.42. The Morgan fingerprint density at radius 2 is 1.70 bits per heavy atom. The molecule has 7 nitrogen and oxygen atoms in total. The van der Waals surface area contributed by atoms with Crippen LogP contribution in [0.15, 0.2) is 64.3 Å². The van der Waals surface area contributed by atoms with Crippen LogP contribution in [0, 0.1) is 6.92 Å². The van der Waals surface area contributed by atoms with Crippen LogP contribution in [0.2, 0.25) is 0 Å². The van der Waals surface area contributed by atoms with Gasteiger partial charge in [-0.15, -0.1) is 0 Å². The lowest BCUT2D eigenvalue weighted by molar-refractivity contribution is 0.123. The van der Waals surface area contributed by atoms with E-state index in [2.05, 4.69) is 4.90 Å². The Balaban J connectivity index is 1.75. The largest absolute Gasteiger partial charge is 0.378 e. The maximum Gasteiger partial charge on any atom is 0.332 e. The summed E-state index contributed by atoms with van der Waals surface area (Å²) < 4.78 is 10.6. The topological polar surface area (TPSA) is 61.4 Å². The van der Waals surface area contributed by atoms with E-state index in [4.69, 9.17) is 4.74 Å². The second-order valence-electron chi connectivity index (χ2n) is 8.52. The minimum atomic E-state index is -0.110. The third-order valence-electron chi connectivity index (χ3n) is 6.40. The van der Waals surface area contributed by atoms with Gasteiger partial charge in [0, 0.05) is 49.9 Å². The molecule has 33 heavy (non-hydrogen) atoms. The molecule has 0 atom stereocenters. The molecule has 170 valence electrons. The molecule has 0 bridgehead atoms. The highest BCUT2D eigenvalue weighted by molar-refractivity contribution is 5.93. The van der Waals surface area contributed by atoms with Crippen LogP contribution in [-0.4, -0.2) is 40.0 Å². The molecule has 0 spiro atoms. The fraction of sp³-hybridized carbons (Fsp3) is 0.308. The van der Waals surface area contributed by atoms with E-state index in [9.17, 15) is 9.59 Å². The lowest BCUT2D eigenvalue weighted by Gasteiger charge is -2.30. The van der Waals surface area contributed by atoms with Crippen LogP contribution < -0.4 is 16.1 Å². The van der Waals surface area contributed by atoms with Gasteiger partial charge in [-0.25, -0.2) is 4.79 Å². The molecule has 7 heteroatoms. The number of aromatic nitrogens is 3. The molecular weight excluding hydrogens is 416 g/mol. The van der Waals surface area contributed by atoms with Gasteiger partial charge in [-0.1, -0.05) is 29.8 Å². The summed E-state index contributed by atoms with van der Waals surface area (Å²) in [5, 5.41) is 0.960. The van der Waals surface area contributed by atoms with E-state index in [1.807, 2.05) is 62.5 Å². The summed E-state index contributed by atoms with van der Waals surface area (Å²) in [4.78, 5) is 28.2. The quantitative estimate of drug-likeness (QED) is 0.485. The van der Waals surface area contributed by atoms with Crippen LogP contribution >= 0.6 is 0 Å². The number of ether oxygens (including phenoxy) is 1. The Hall–Kier alpha value is -3.58. The van der Waals surface area contributed by atoms with Crippen LogP contribution in [0.1, 0.15) is 12.5 Å². The van der Waals surface area contributed by atoms with Crippen molar-refractivity contribution in [2.45, 2.75) is 20.4 Å². The molecule has 5 rings (SSSR count). The minimum Gasteiger partial charge on any atom is -0.378 e. The van der Waals surface area contributed by atoms with Crippen molar-refractivity contribution in [3.63, 3.8) is 0 Å². The molecule has 1 aliphatic rings. The van der Waals surface area contributed by atoms with E-state index in [0.29, 0.717) is 19.8 Å². The van der Waals surface area contributed by atoms with Crippen LogP contribution in [0.4, 0.5) is 5.69 Å². The van der Waals surface area contributed by atoms with Crippen molar-refractivity contribution in [1.29, 1.82) is 0 Å². The van der Waals surface area contributed by atoms with Crippen molar-refractivity contribution in [1.82, 2.24) is 13.7 Å². The van der Waals surface area contributed by atoms with Crippen molar-refractivity contribution in [2.75, 3.05) is 31.2 Å². The molecule has 2 aromatic carbocycles. The Morgan fingerprint density at radius 1 is 0.970 bits per heavy atom. The smallest absolute Gasteiger partial charge is 0.332 e. The molecule has 0 saturated carbocycles. The Bertz CT molecular complexity index is 1440. The Labute approximate surface area is 192 Å². The van der Waals surface area contributed by atoms with Gasteiger partial charge < -0.3 is 18.8 Å². The van der Waals surface area contributed by atoms with Gasteiger partial charge >= 0.3 is 5.69 Å². The third kappa shape index (κ3) is 3.68. The zero-order valence-electron chi connectivity index (χ0n) is 19.2. The molecule has 2 aromatic heterocycles. The highest BCUT2D eigenvalue weighted by atomic mass is 16.5. The highest BCUT2D eigenvalue weighted by Gasteiger charge is 2.19. The lowest BCUT2D eigenvalue weighted by Crippen LogP contribution is -2.37. The number of hydrogen-bond donors (Lipinski definition) is 0. The number of hydrogen-bond acceptors (Lipinski definition) is 4. The number of fused-ring (bicyclic) bond motifs is 1. The number of aryl methyl sites for hydroxylation is 3. The molecule has 1 aliphatic heterocycles. The number of imidazole rings is 1. The lowest BCUT2D eigenvalue weighted by atomic mass is 10.1.